The molecule has 6 heteroatoms. The number of anilines is 3. The lowest BCUT2D eigenvalue weighted by atomic mass is 10.1. The van der Waals surface area contributed by atoms with Crippen LogP contribution in [0.2, 0.25) is 0 Å². The van der Waals surface area contributed by atoms with Crippen LogP contribution in [0.15, 0.2) is 279 Å². The predicted octanol–water partition coefficient (Wildman–Crippen LogP) is 9.78. The number of nitrogens with zero attached hydrogens (tertiary/aromatic N) is 4. The quantitative estimate of drug-likeness (QED) is 0.107. The molecule has 0 spiro atoms. The van der Waals surface area contributed by atoms with Gasteiger partial charge in [-0.3, -0.25) is 9.55 Å². The van der Waals surface area contributed by atoms with Crippen molar-refractivity contribution >= 4 is 96.5 Å². The van der Waals surface area contributed by atoms with Gasteiger partial charge in [0.25, 0.3) is 0 Å². The maximum absolute atomic E-state index is 5.16. The summed E-state index contributed by atoms with van der Waals surface area (Å²) in [4.78, 5) is 12.5. The molecule has 0 saturated carbocycles. The summed E-state index contributed by atoms with van der Waals surface area (Å²) >= 11 is 0. The van der Waals surface area contributed by atoms with E-state index in [-0.39, 0.29) is 0 Å². The summed E-state index contributed by atoms with van der Waals surface area (Å²) in [5, 5.41) is 13.1. The van der Waals surface area contributed by atoms with Crippen LogP contribution in [0.25, 0.3) is 38.9 Å². The summed E-state index contributed by atoms with van der Waals surface area (Å²) in [5.41, 5.74) is 7.85. The van der Waals surface area contributed by atoms with Crippen molar-refractivity contribution in [1.82, 2.24) is 14.5 Å². The molecule has 0 unspecified atom stereocenters. The van der Waals surface area contributed by atoms with Crippen LogP contribution in [0.3, 0.4) is 0 Å². The monoisotopic (exact) mass is 926 g/mol. The van der Waals surface area contributed by atoms with Crippen molar-refractivity contribution in [2.75, 3.05) is 4.90 Å². The number of fused-ring (bicyclic) bond motifs is 6. The second kappa shape index (κ2) is 17.1. The van der Waals surface area contributed by atoms with Gasteiger partial charge in [-0.2, -0.15) is 0 Å². The van der Waals surface area contributed by atoms with Crippen molar-refractivity contribution in [2.45, 2.75) is 0 Å². The Hall–Kier alpha value is -8.69. The van der Waals surface area contributed by atoms with Crippen molar-refractivity contribution in [3.63, 3.8) is 0 Å². The molecule has 0 amide bonds. The Morgan fingerprint density at radius 3 is 1.60 bits per heavy atom. The molecule has 70 heavy (non-hydrogen) atoms. The third-order valence-electron chi connectivity index (χ3n) is 14.5. The van der Waals surface area contributed by atoms with Crippen LogP contribution in [0.4, 0.5) is 17.1 Å². The van der Waals surface area contributed by atoms with Gasteiger partial charge in [0, 0.05) is 45.8 Å². The summed E-state index contributed by atoms with van der Waals surface area (Å²) in [6.45, 7) is 0. The molecule has 1 aliphatic rings. The van der Waals surface area contributed by atoms with Crippen LogP contribution in [0.5, 0.6) is 0 Å². The average molecular weight is 927 g/mol. The highest BCUT2D eigenvalue weighted by atomic mass is 28.3. The minimum Gasteiger partial charge on any atom is -0.311 e. The van der Waals surface area contributed by atoms with Crippen molar-refractivity contribution < 1.29 is 0 Å². The first-order valence-corrected chi connectivity index (χ1v) is 28.0. The van der Waals surface area contributed by atoms with Crippen LogP contribution in [-0.2, 0) is 0 Å². The van der Waals surface area contributed by atoms with E-state index < -0.39 is 16.1 Å². The maximum atomic E-state index is 5.16. The fourth-order valence-corrected chi connectivity index (χ4v) is 21.8. The van der Waals surface area contributed by atoms with Crippen molar-refractivity contribution in [1.29, 1.82) is 0 Å². The van der Waals surface area contributed by atoms with E-state index in [2.05, 4.69) is 264 Å². The van der Waals surface area contributed by atoms with Crippen LogP contribution in [0, 0.1) is 0 Å². The van der Waals surface area contributed by atoms with Gasteiger partial charge in [0.1, 0.15) is 5.82 Å². The number of benzene rings is 9. The van der Waals surface area contributed by atoms with Crippen LogP contribution >= 0.6 is 0 Å². The zero-order valence-electron chi connectivity index (χ0n) is 38.3. The molecule has 4 nitrogen and oxygen atoms in total. The Bertz CT molecular complexity index is 3740. The summed E-state index contributed by atoms with van der Waals surface area (Å²) in [7, 11) is -6.22. The Balaban J connectivity index is 1.21. The largest absolute Gasteiger partial charge is 0.311 e. The van der Waals surface area contributed by atoms with Gasteiger partial charge in [-0.05, 0) is 102 Å². The molecule has 9 aromatic carbocycles. The zero-order chi connectivity index (χ0) is 46.5. The van der Waals surface area contributed by atoms with Crippen molar-refractivity contribution in [3.05, 3.63) is 279 Å². The Kier molecular flexibility index (Phi) is 10.2. The molecule has 0 saturated heterocycles. The van der Waals surface area contributed by atoms with Gasteiger partial charge in [-0.25, -0.2) is 4.98 Å². The topological polar surface area (TPSA) is 34.0 Å². The van der Waals surface area contributed by atoms with E-state index in [9.17, 15) is 0 Å². The third kappa shape index (κ3) is 6.34. The molecular formula is C64H46N4Si2. The average Bonchev–Trinajstić information content (AvgIpc) is 3.78. The highest BCUT2D eigenvalue weighted by molar-refractivity contribution is 7.22. The Labute approximate surface area is 410 Å². The molecule has 3 aromatic heterocycles. The third-order valence-corrected chi connectivity index (χ3v) is 24.1. The standard InChI is InChI=1S/C64H46N4Si2/c1-6-24-48(25-7-1)67-57-36-16-17-37-61(57)70(51-30-12-4-13-31-51,52-32-14-5-15-33-52)64-59(67)42-41-58-63(64)55-40-39-54(46-60(55)68(58)62-38-19-21-44-66-62)69(49-26-8-2-9-27-49,50-28-10-3-11-29-50)53-34-22-23-47(45-53)56-35-18-20-43-65-56/h1-46H. The first kappa shape index (κ1) is 41.5. The van der Waals surface area contributed by atoms with Gasteiger partial charge in [-0.1, -0.05) is 206 Å². The van der Waals surface area contributed by atoms with Gasteiger partial charge in [0.05, 0.1) is 16.7 Å². The molecule has 1 aliphatic heterocycles. The van der Waals surface area contributed by atoms with E-state index in [1.165, 1.54) is 63.6 Å². The van der Waals surface area contributed by atoms with Crippen LogP contribution in [0.1, 0.15) is 0 Å². The van der Waals surface area contributed by atoms with E-state index >= 15 is 0 Å². The second-order valence-electron chi connectivity index (χ2n) is 18.1. The molecule has 13 rings (SSSR count). The molecule has 12 aromatic rings. The first-order chi connectivity index (χ1) is 34.8. The van der Waals surface area contributed by atoms with E-state index in [0.717, 1.165) is 33.8 Å². The fraction of sp³-hybridized carbons (Fsp3) is 0. The van der Waals surface area contributed by atoms with E-state index in [1.54, 1.807) is 0 Å². The van der Waals surface area contributed by atoms with Crippen LogP contribution in [-0.4, -0.2) is 30.7 Å². The van der Waals surface area contributed by atoms with Crippen LogP contribution < -0.4 is 46.4 Å². The second-order valence-corrected chi connectivity index (χ2v) is 25.6. The summed E-state index contributed by atoms with van der Waals surface area (Å²) in [6, 6.07) is 99.0. The predicted molar refractivity (Wildman–Crippen MR) is 297 cm³/mol. The molecule has 4 heterocycles. The Morgan fingerprint density at radius 1 is 0.386 bits per heavy atom. The summed E-state index contributed by atoms with van der Waals surface area (Å²) in [6.07, 6.45) is 3.81. The first-order valence-electron chi connectivity index (χ1n) is 24.0. The maximum Gasteiger partial charge on any atom is 0.184 e. The molecule has 0 radical (unpaired) electrons. The van der Waals surface area contributed by atoms with E-state index in [1.807, 2.05) is 24.5 Å². The lowest BCUT2D eigenvalue weighted by molar-refractivity contribution is 1.08. The summed E-state index contributed by atoms with van der Waals surface area (Å²) in [5.74, 6) is 0.881. The van der Waals surface area contributed by atoms with Crippen molar-refractivity contribution in [2.24, 2.45) is 0 Å². The SMILES string of the molecule is c1ccc(N2c3ccccc3[Si](c3ccccc3)(c3ccccc3)c3c2ccc2c3c3ccc([Si](c4ccccc4)(c4ccccc4)c4cccc(-c5ccccn5)c4)cc3n2-c2ccccn2)cc1. The van der Waals surface area contributed by atoms with Gasteiger partial charge in [0.2, 0.25) is 0 Å². The molecule has 330 valence electrons. The van der Waals surface area contributed by atoms with E-state index in [0.29, 0.717) is 0 Å². The normalized spacial score (nSPS) is 12.9. The molecule has 0 aliphatic carbocycles. The van der Waals surface area contributed by atoms with Gasteiger partial charge in [-0.15, -0.1) is 0 Å². The fourth-order valence-electron chi connectivity index (χ4n) is 11.7. The molecule has 0 fully saturated rings. The smallest absolute Gasteiger partial charge is 0.184 e. The zero-order valence-corrected chi connectivity index (χ0v) is 40.3. The Morgan fingerprint density at radius 2 is 0.957 bits per heavy atom. The van der Waals surface area contributed by atoms with Gasteiger partial charge in [0.15, 0.2) is 16.1 Å². The molecular weight excluding hydrogens is 881 g/mol. The summed E-state index contributed by atoms with van der Waals surface area (Å²) < 4.78 is 2.44. The van der Waals surface area contributed by atoms with Crippen molar-refractivity contribution in [3.8, 4) is 17.1 Å². The minimum atomic E-state index is -3.14. The number of hydrogen-bond acceptors (Lipinski definition) is 3. The highest BCUT2D eigenvalue weighted by Crippen LogP contribution is 2.43. The number of aromatic nitrogens is 3. The highest BCUT2D eigenvalue weighted by Gasteiger charge is 2.51. The number of hydrogen-bond donors (Lipinski definition) is 0. The lowest BCUT2D eigenvalue weighted by Gasteiger charge is -2.45. The molecule has 0 N–H and O–H groups in total. The van der Waals surface area contributed by atoms with E-state index in [4.69, 9.17) is 9.97 Å². The number of pyridine rings is 2. The van der Waals surface area contributed by atoms with Gasteiger partial charge >= 0.3 is 0 Å². The van der Waals surface area contributed by atoms with Gasteiger partial charge < -0.3 is 4.90 Å². The minimum absolute atomic E-state index is 0.881. The number of rotatable bonds is 9. The lowest BCUT2D eigenvalue weighted by Crippen LogP contribution is -2.77. The number of para-hydroxylation sites is 2. The molecule has 0 bridgehead atoms. The molecule has 0 atom stereocenters.